The van der Waals surface area contributed by atoms with Crippen LogP contribution >= 0.6 is 11.6 Å². The van der Waals surface area contributed by atoms with Crippen LogP contribution in [0.1, 0.15) is 29.6 Å². The Morgan fingerprint density at radius 3 is 2.52 bits per heavy atom. The van der Waals surface area contributed by atoms with Crippen molar-refractivity contribution in [1.29, 1.82) is 0 Å². The Morgan fingerprint density at radius 2 is 2.05 bits per heavy atom. The minimum atomic E-state index is -4.59. The Balaban J connectivity index is 2.35. The van der Waals surface area contributed by atoms with Crippen LogP contribution in [0.15, 0.2) is 11.0 Å². The number of primary sulfonamides is 1. The average Bonchev–Trinajstić information content (AvgIpc) is 2.30. The molecule has 0 aromatic heterocycles. The quantitative estimate of drug-likeness (QED) is 0.820. The minimum absolute atomic E-state index is 0.343. The number of rotatable bonds is 4. The fourth-order valence-electron chi connectivity index (χ4n) is 2.02. The second-order valence-electron chi connectivity index (χ2n) is 4.92. The first-order chi connectivity index (χ1) is 9.71. The lowest BCUT2D eigenvalue weighted by Gasteiger charge is -2.25. The van der Waals surface area contributed by atoms with Crippen LogP contribution in [0.4, 0.5) is 8.78 Å². The van der Waals surface area contributed by atoms with E-state index in [4.69, 9.17) is 16.7 Å². The van der Waals surface area contributed by atoms with Crippen molar-refractivity contribution in [1.82, 2.24) is 5.32 Å². The van der Waals surface area contributed by atoms with Crippen molar-refractivity contribution in [2.24, 2.45) is 11.1 Å². The Kier molecular flexibility index (Phi) is 4.50. The first kappa shape index (κ1) is 16.1. The molecule has 1 amide bonds. The number of nitrogens with one attached hydrogen (secondary N) is 1. The molecule has 5 nitrogen and oxygen atoms in total. The van der Waals surface area contributed by atoms with E-state index < -0.39 is 43.0 Å². The largest absolute Gasteiger partial charge is 0.352 e. The minimum Gasteiger partial charge on any atom is -0.352 e. The number of carbonyl (C=O) groups is 1. The highest BCUT2D eigenvalue weighted by Gasteiger charge is 2.28. The fourth-order valence-corrected chi connectivity index (χ4v) is 3.28. The molecule has 0 bridgehead atoms. The maximum Gasteiger partial charge on any atom is 0.252 e. The predicted molar refractivity (Wildman–Crippen MR) is 72.4 cm³/mol. The van der Waals surface area contributed by atoms with Crippen LogP contribution < -0.4 is 10.5 Å². The van der Waals surface area contributed by atoms with Crippen LogP contribution in [0.2, 0.25) is 5.02 Å². The van der Waals surface area contributed by atoms with Gasteiger partial charge < -0.3 is 5.32 Å². The molecular weight excluding hydrogens is 326 g/mol. The number of amides is 1. The maximum absolute atomic E-state index is 13.5. The standard InChI is InChI=1S/C12H13ClF2N2O3S/c13-9-7(12(18)17-5-6-2-1-3-6)4-8(14)10(15)11(9)21(16,19)20/h4,6H,1-3,5H2,(H,17,18)(H2,16,19,20). The zero-order valence-electron chi connectivity index (χ0n) is 10.8. The molecular formula is C12H13ClF2N2O3S. The van der Waals surface area contributed by atoms with Crippen LogP contribution in [0.5, 0.6) is 0 Å². The summed E-state index contributed by atoms with van der Waals surface area (Å²) in [5, 5.41) is 6.60. The lowest BCUT2D eigenvalue weighted by atomic mass is 9.85. The summed E-state index contributed by atoms with van der Waals surface area (Å²) in [6.07, 6.45) is 3.05. The highest BCUT2D eigenvalue weighted by molar-refractivity contribution is 7.89. The molecule has 3 N–H and O–H groups in total. The third-order valence-electron chi connectivity index (χ3n) is 3.42. The smallest absolute Gasteiger partial charge is 0.252 e. The molecule has 2 rings (SSSR count). The summed E-state index contributed by atoms with van der Waals surface area (Å²) in [7, 11) is -4.59. The van der Waals surface area contributed by atoms with E-state index in [1.807, 2.05) is 0 Å². The third kappa shape index (κ3) is 3.33. The molecule has 1 aromatic rings. The number of carbonyl (C=O) groups excluding carboxylic acids is 1. The van der Waals surface area contributed by atoms with Gasteiger partial charge in [0.2, 0.25) is 10.0 Å². The molecule has 9 heteroatoms. The Labute approximate surface area is 125 Å². The average molecular weight is 339 g/mol. The summed E-state index contributed by atoms with van der Waals surface area (Å²) in [5.74, 6) is -3.62. The van der Waals surface area contributed by atoms with Gasteiger partial charge in [-0.3, -0.25) is 4.79 Å². The lowest BCUT2D eigenvalue weighted by Crippen LogP contribution is -2.32. The summed E-state index contributed by atoms with van der Waals surface area (Å²) in [5.41, 5.74) is -0.459. The predicted octanol–water partition coefficient (Wildman–Crippen LogP) is 1.80. The molecule has 1 saturated carbocycles. The van der Waals surface area contributed by atoms with Crippen molar-refractivity contribution >= 4 is 27.5 Å². The molecule has 0 heterocycles. The number of nitrogens with two attached hydrogens (primary N) is 1. The van der Waals surface area contributed by atoms with Crippen LogP contribution in [-0.4, -0.2) is 20.9 Å². The van der Waals surface area contributed by atoms with Gasteiger partial charge in [-0.2, -0.15) is 0 Å². The summed E-state index contributed by atoms with van der Waals surface area (Å²) in [6, 6.07) is 0.558. The Morgan fingerprint density at radius 1 is 1.43 bits per heavy atom. The highest BCUT2D eigenvalue weighted by atomic mass is 35.5. The highest BCUT2D eigenvalue weighted by Crippen LogP contribution is 2.30. The van der Waals surface area contributed by atoms with Gasteiger partial charge in [-0.05, 0) is 24.8 Å². The topological polar surface area (TPSA) is 89.3 Å². The molecule has 0 saturated heterocycles. The van der Waals surface area contributed by atoms with Crippen molar-refractivity contribution < 1.29 is 22.0 Å². The zero-order valence-corrected chi connectivity index (χ0v) is 12.4. The van der Waals surface area contributed by atoms with Crippen molar-refractivity contribution in [3.63, 3.8) is 0 Å². The van der Waals surface area contributed by atoms with Crippen LogP contribution in [0, 0.1) is 17.6 Å². The molecule has 0 atom stereocenters. The lowest BCUT2D eigenvalue weighted by molar-refractivity contribution is 0.0938. The number of hydrogen-bond donors (Lipinski definition) is 2. The van der Waals surface area contributed by atoms with Crippen molar-refractivity contribution in [2.45, 2.75) is 24.2 Å². The first-order valence-corrected chi connectivity index (χ1v) is 8.12. The van der Waals surface area contributed by atoms with Gasteiger partial charge in [-0.25, -0.2) is 22.3 Å². The van der Waals surface area contributed by atoms with Crippen molar-refractivity contribution in [2.75, 3.05) is 6.54 Å². The zero-order chi connectivity index (χ0) is 15.8. The van der Waals surface area contributed by atoms with E-state index in [-0.39, 0.29) is 0 Å². The monoisotopic (exact) mass is 338 g/mol. The number of halogens is 3. The van der Waals surface area contributed by atoms with Gasteiger partial charge in [0.15, 0.2) is 11.6 Å². The van der Waals surface area contributed by atoms with Gasteiger partial charge in [-0.15, -0.1) is 0 Å². The molecule has 1 aliphatic rings. The summed E-state index contributed by atoms with van der Waals surface area (Å²) in [6.45, 7) is 0.374. The molecule has 0 unspecified atom stereocenters. The van der Waals surface area contributed by atoms with Crippen LogP contribution in [-0.2, 0) is 10.0 Å². The summed E-state index contributed by atoms with van der Waals surface area (Å²) in [4.78, 5) is 10.7. The normalized spacial score (nSPS) is 15.6. The van der Waals surface area contributed by atoms with Crippen molar-refractivity contribution in [3.8, 4) is 0 Å². The number of sulfonamides is 1. The van der Waals surface area contributed by atoms with E-state index in [1.54, 1.807) is 0 Å². The van der Waals surface area contributed by atoms with Gasteiger partial charge in [0.05, 0.1) is 10.6 Å². The second kappa shape index (κ2) is 5.86. The van der Waals surface area contributed by atoms with Crippen molar-refractivity contribution in [3.05, 3.63) is 28.3 Å². The van der Waals surface area contributed by atoms with E-state index in [0.29, 0.717) is 18.5 Å². The molecule has 0 radical (unpaired) electrons. The van der Waals surface area contributed by atoms with E-state index in [9.17, 15) is 22.0 Å². The van der Waals surface area contributed by atoms with Gasteiger partial charge in [0.25, 0.3) is 5.91 Å². The maximum atomic E-state index is 13.5. The molecule has 1 fully saturated rings. The Hall–Kier alpha value is -1.25. The molecule has 1 aromatic carbocycles. The van der Waals surface area contributed by atoms with E-state index in [2.05, 4.69) is 5.32 Å². The van der Waals surface area contributed by atoms with Crippen LogP contribution in [0.3, 0.4) is 0 Å². The van der Waals surface area contributed by atoms with E-state index in [1.165, 1.54) is 0 Å². The van der Waals surface area contributed by atoms with Gasteiger partial charge in [0.1, 0.15) is 4.90 Å². The van der Waals surface area contributed by atoms with E-state index >= 15 is 0 Å². The Bertz CT molecular complexity index is 690. The summed E-state index contributed by atoms with van der Waals surface area (Å²) < 4.78 is 49.5. The molecule has 116 valence electrons. The molecule has 0 aliphatic heterocycles. The molecule has 0 spiro atoms. The van der Waals surface area contributed by atoms with E-state index in [0.717, 1.165) is 19.3 Å². The number of benzene rings is 1. The SMILES string of the molecule is NS(=O)(=O)c1c(F)c(F)cc(C(=O)NCC2CCC2)c1Cl. The summed E-state index contributed by atoms with van der Waals surface area (Å²) >= 11 is 5.70. The second-order valence-corrected chi connectivity index (χ2v) is 6.79. The first-order valence-electron chi connectivity index (χ1n) is 6.20. The fraction of sp³-hybridized carbons (Fsp3) is 0.417. The van der Waals surface area contributed by atoms with Gasteiger partial charge in [-0.1, -0.05) is 18.0 Å². The van der Waals surface area contributed by atoms with Gasteiger partial charge >= 0.3 is 0 Å². The third-order valence-corrected chi connectivity index (χ3v) is 4.88. The molecule has 21 heavy (non-hydrogen) atoms. The number of hydrogen-bond acceptors (Lipinski definition) is 3. The van der Waals surface area contributed by atoms with Crippen LogP contribution in [0.25, 0.3) is 0 Å². The molecule has 1 aliphatic carbocycles. The van der Waals surface area contributed by atoms with Gasteiger partial charge in [0, 0.05) is 6.54 Å².